The van der Waals surface area contributed by atoms with E-state index in [1.54, 1.807) is 0 Å². The largest absolute Gasteiger partial charge is 0.478 e. The molecule has 0 spiro atoms. The van der Waals surface area contributed by atoms with Gasteiger partial charge in [-0.3, -0.25) is 0 Å². The second-order valence-electron chi connectivity index (χ2n) is 7.43. The smallest absolute Gasteiger partial charge is 0.335 e. The zero-order valence-electron chi connectivity index (χ0n) is 15.4. The van der Waals surface area contributed by atoms with Crippen molar-refractivity contribution in [3.05, 3.63) is 106 Å². The van der Waals surface area contributed by atoms with Crippen molar-refractivity contribution < 1.29 is 9.90 Å². The van der Waals surface area contributed by atoms with Gasteiger partial charge in [0.1, 0.15) is 0 Å². The fourth-order valence-electron chi connectivity index (χ4n) is 3.80. The van der Waals surface area contributed by atoms with Gasteiger partial charge in [0.25, 0.3) is 0 Å². The Balaban J connectivity index is 1.69. The summed E-state index contributed by atoms with van der Waals surface area (Å²) in [6, 6.07) is 23.5. The van der Waals surface area contributed by atoms with Crippen LogP contribution in [0.25, 0.3) is 0 Å². The highest BCUT2D eigenvalue weighted by Gasteiger charge is 2.12. The molecule has 6 aliphatic carbocycles. The highest BCUT2D eigenvalue weighted by molar-refractivity contribution is 5.89. The van der Waals surface area contributed by atoms with Gasteiger partial charge in [0.05, 0.1) is 5.56 Å². The Kier molecular flexibility index (Phi) is 5.06. The lowest BCUT2D eigenvalue weighted by molar-refractivity contribution is 0.0695. The molecule has 0 saturated carbocycles. The molecule has 9 rings (SSSR count). The molecule has 0 unspecified atom stereocenters. The van der Waals surface area contributed by atoms with Gasteiger partial charge in [-0.05, 0) is 78.0 Å². The molecule has 2 nitrogen and oxygen atoms in total. The first kappa shape index (κ1) is 17.5. The number of aryl methyl sites for hydroxylation is 6. The van der Waals surface area contributed by atoms with Gasteiger partial charge in [-0.15, -0.1) is 0 Å². The first-order valence-electron chi connectivity index (χ1n) is 9.68. The maximum atomic E-state index is 11.7. The van der Waals surface area contributed by atoms with Crippen LogP contribution in [-0.2, 0) is 38.5 Å². The SMILES string of the molecule is O=C(O)c1cc2ccc1CCc1ccc(cc1)CCc1ccc(cc1)CC2. The molecule has 0 saturated heterocycles. The van der Waals surface area contributed by atoms with Crippen molar-refractivity contribution in [3.8, 4) is 0 Å². The van der Waals surface area contributed by atoms with Crippen LogP contribution >= 0.6 is 0 Å². The van der Waals surface area contributed by atoms with Crippen molar-refractivity contribution in [2.45, 2.75) is 38.5 Å². The van der Waals surface area contributed by atoms with Gasteiger partial charge < -0.3 is 5.11 Å². The number of benzene rings is 3. The Morgan fingerprint density at radius 2 is 0.926 bits per heavy atom. The van der Waals surface area contributed by atoms with Crippen LogP contribution in [0, 0.1) is 0 Å². The van der Waals surface area contributed by atoms with Gasteiger partial charge in [0.2, 0.25) is 0 Å². The van der Waals surface area contributed by atoms with Gasteiger partial charge >= 0.3 is 5.97 Å². The highest BCUT2D eigenvalue weighted by Crippen LogP contribution is 2.19. The van der Waals surface area contributed by atoms with Crippen LogP contribution in [0.5, 0.6) is 0 Å². The zero-order chi connectivity index (χ0) is 18.6. The van der Waals surface area contributed by atoms with E-state index in [1.165, 1.54) is 22.3 Å². The van der Waals surface area contributed by atoms with E-state index < -0.39 is 5.97 Å². The molecule has 0 fully saturated rings. The van der Waals surface area contributed by atoms with Crippen molar-refractivity contribution >= 4 is 5.97 Å². The molecule has 27 heavy (non-hydrogen) atoms. The van der Waals surface area contributed by atoms with E-state index in [0.717, 1.165) is 49.7 Å². The second kappa shape index (κ2) is 7.79. The second-order valence-corrected chi connectivity index (χ2v) is 7.43. The summed E-state index contributed by atoms with van der Waals surface area (Å²) < 4.78 is 0. The minimum absolute atomic E-state index is 0.445. The van der Waals surface area contributed by atoms with Crippen LogP contribution in [-0.4, -0.2) is 11.1 Å². The first-order chi connectivity index (χ1) is 13.2. The average Bonchev–Trinajstić information content (AvgIpc) is 2.70. The number of carboxylic acids is 1. The van der Waals surface area contributed by atoms with Gasteiger partial charge in [-0.1, -0.05) is 60.7 Å². The average molecular weight is 356 g/mol. The normalized spacial score (nSPS) is 14.1. The van der Waals surface area contributed by atoms with E-state index in [1.807, 2.05) is 12.1 Å². The third kappa shape index (κ3) is 4.28. The number of carbonyl (C=O) groups is 1. The van der Waals surface area contributed by atoms with Crippen LogP contribution in [0.1, 0.15) is 43.7 Å². The van der Waals surface area contributed by atoms with Gasteiger partial charge in [0.15, 0.2) is 0 Å². The van der Waals surface area contributed by atoms with Crippen LogP contribution in [0.15, 0.2) is 66.7 Å². The summed E-state index contributed by atoms with van der Waals surface area (Å²) in [5.41, 5.74) is 7.71. The maximum absolute atomic E-state index is 11.7. The summed E-state index contributed by atoms with van der Waals surface area (Å²) in [4.78, 5) is 11.7. The molecule has 3 aromatic carbocycles. The van der Waals surface area contributed by atoms with Crippen molar-refractivity contribution in [1.29, 1.82) is 0 Å². The maximum Gasteiger partial charge on any atom is 0.335 e. The van der Waals surface area contributed by atoms with E-state index in [0.29, 0.717) is 5.56 Å². The minimum Gasteiger partial charge on any atom is -0.478 e. The lowest BCUT2D eigenvalue weighted by Gasteiger charge is -2.11. The molecule has 0 aromatic heterocycles. The molecule has 136 valence electrons. The van der Waals surface area contributed by atoms with E-state index in [-0.39, 0.29) is 0 Å². The zero-order valence-corrected chi connectivity index (χ0v) is 15.4. The van der Waals surface area contributed by atoms with Gasteiger partial charge in [-0.2, -0.15) is 0 Å². The fraction of sp³-hybridized carbons (Fsp3) is 0.240. The Bertz CT molecular complexity index is 937. The summed E-state index contributed by atoms with van der Waals surface area (Å²) >= 11 is 0. The summed E-state index contributed by atoms with van der Waals surface area (Å²) in [6.45, 7) is 0. The number of carboxylic acid groups (broad SMARTS) is 1. The molecule has 0 radical (unpaired) electrons. The Labute approximate surface area is 160 Å². The first-order valence-corrected chi connectivity index (χ1v) is 9.68. The molecule has 0 aliphatic heterocycles. The molecule has 6 aliphatic rings. The predicted octanol–water partition coefficient (Wildman–Crippen LogP) is 5.05. The van der Waals surface area contributed by atoms with Crippen molar-refractivity contribution in [2.75, 3.05) is 0 Å². The topological polar surface area (TPSA) is 37.3 Å². The quantitative estimate of drug-likeness (QED) is 0.662. The molecule has 0 heterocycles. The third-order valence-corrected chi connectivity index (χ3v) is 5.54. The summed E-state index contributed by atoms with van der Waals surface area (Å²) in [5, 5.41) is 9.65. The van der Waals surface area contributed by atoms with Gasteiger partial charge in [0, 0.05) is 0 Å². The fourth-order valence-corrected chi connectivity index (χ4v) is 3.80. The summed E-state index contributed by atoms with van der Waals surface area (Å²) in [7, 11) is 0. The Hall–Kier alpha value is -2.87. The Morgan fingerprint density at radius 1 is 0.556 bits per heavy atom. The number of hydrogen-bond acceptors (Lipinski definition) is 1. The van der Waals surface area contributed by atoms with Crippen molar-refractivity contribution in [3.63, 3.8) is 0 Å². The molecule has 6 bridgehead atoms. The Morgan fingerprint density at radius 3 is 1.37 bits per heavy atom. The predicted molar refractivity (Wildman–Crippen MR) is 109 cm³/mol. The van der Waals surface area contributed by atoms with Crippen LogP contribution in [0.4, 0.5) is 0 Å². The highest BCUT2D eigenvalue weighted by atomic mass is 16.4. The lowest BCUT2D eigenvalue weighted by Crippen LogP contribution is -2.06. The van der Waals surface area contributed by atoms with E-state index >= 15 is 0 Å². The summed E-state index contributed by atoms with van der Waals surface area (Å²) in [6.07, 6.45) is 5.51. The van der Waals surface area contributed by atoms with Crippen molar-refractivity contribution in [2.24, 2.45) is 0 Å². The van der Waals surface area contributed by atoms with Crippen LogP contribution < -0.4 is 0 Å². The van der Waals surface area contributed by atoms with Crippen LogP contribution in [0.2, 0.25) is 0 Å². The number of rotatable bonds is 1. The molecule has 1 N–H and O–H groups in total. The van der Waals surface area contributed by atoms with E-state index in [2.05, 4.69) is 54.6 Å². The summed E-state index contributed by atoms with van der Waals surface area (Å²) in [5.74, 6) is -0.832. The molecule has 3 aromatic rings. The number of aromatic carboxylic acids is 1. The van der Waals surface area contributed by atoms with E-state index in [9.17, 15) is 9.90 Å². The van der Waals surface area contributed by atoms with Crippen molar-refractivity contribution in [1.82, 2.24) is 0 Å². The standard InChI is InChI=1S/C25H24O2/c26-25(27)24-17-22-12-11-20-5-3-18(4-6-20)1-2-19-7-9-21(10-8-19)13-15-23(24)16-14-22/h3-10,14,16-17H,1-2,11-13,15H2,(H,26,27). The minimum atomic E-state index is -0.832. The lowest BCUT2D eigenvalue weighted by atomic mass is 9.94. The van der Waals surface area contributed by atoms with E-state index in [4.69, 9.17) is 0 Å². The monoisotopic (exact) mass is 356 g/mol. The molecule has 0 amide bonds. The molecular formula is C25H24O2. The molecule has 2 heteroatoms. The molecule has 0 atom stereocenters. The molecular weight excluding hydrogens is 332 g/mol. The van der Waals surface area contributed by atoms with Gasteiger partial charge in [-0.25, -0.2) is 4.79 Å². The third-order valence-electron chi connectivity index (χ3n) is 5.54. The van der Waals surface area contributed by atoms with Crippen LogP contribution in [0.3, 0.4) is 0 Å². The number of hydrogen-bond donors (Lipinski definition) is 1.